The lowest BCUT2D eigenvalue weighted by molar-refractivity contribution is -0.384. The highest BCUT2D eigenvalue weighted by Gasteiger charge is 2.20. The average molecular weight is 417 g/mol. The van der Waals surface area contributed by atoms with Crippen molar-refractivity contribution in [3.8, 4) is 11.5 Å². The maximum atomic E-state index is 11.7. The number of ether oxygens (including phenoxy) is 3. The molecule has 0 saturated heterocycles. The number of halogens is 1. The quantitative estimate of drug-likeness (QED) is 0.284. The van der Waals surface area contributed by atoms with Crippen LogP contribution in [-0.2, 0) is 16.1 Å². The van der Waals surface area contributed by atoms with Gasteiger partial charge < -0.3 is 14.2 Å². The second kappa shape index (κ2) is 8.74. The van der Waals surface area contributed by atoms with Gasteiger partial charge in [0.25, 0.3) is 5.69 Å². The minimum Gasteiger partial charge on any atom is -0.490 e. The molecule has 0 aromatic heterocycles. The minimum absolute atomic E-state index is 0.00233. The summed E-state index contributed by atoms with van der Waals surface area (Å²) in [5, 5.41) is 11.0. The molecule has 0 N–H and O–H groups in total. The first-order valence-electron chi connectivity index (χ1n) is 8.69. The number of hydrogen-bond acceptors (Lipinski definition) is 7. The fourth-order valence-electron chi connectivity index (χ4n) is 2.62. The number of nitrogens with zero attached hydrogens (tertiary/aromatic N) is 2. The van der Waals surface area contributed by atoms with E-state index in [9.17, 15) is 14.9 Å². The number of benzene rings is 2. The van der Waals surface area contributed by atoms with Crippen LogP contribution in [0.4, 0.5) is 5.69 Å². The number of hydrogen-bond donors (Lipinski definition) is 0. The van der Waals surface area contributed by atoms with Crippen LogP contribution in [0, 0.1) is 10.1 Å². The van der Waals surface area contributed by atoms with Crippen LogP contribution in [0.3, 0.4) is 0 Å². The van der Waals surface area contributed by atoms with Crippen molar-refractivity contribution in [3.63, 3.8) is 0 Å². The standard InChI is InChI=1S/C20H17ClN2O6/c1-3-27-18-10-14(9-17-20(24)29-12(2)22-17)8-16(21)19(18)28-11-13-4-6-15(7-5-13)23(25)26/h4-10H,3,11H2,1-2H3/b17-9+. The SMILES string of the molecule is CCOc1cc(/C=C2/N=C(C)OC2=O)cc(Cl)c1OCc1ccc([N+](=O)[O-])cc1. The molecule has 2 aromatic carbocycles. The van der Waals surface area contributed by atoms with E-state index in [1.807, 2.05) is 6.92 Å². The zero-order chi connectivity index (χ0) is 21.0. The van der Waals surface area contributed by atoms with Gasteiger partial charge in [0.15, 0.2) is 23.1 Å². The Bertz CT molecular complexity index is 1010. The highest BCUT2D eigenvalue weighted by molar-refractivity contribution is 6.32. The Morgan fingerprint density at radius 2 is 1.97 bits per heavy atom. The second-order valence-corrected chi connectivity index (χ2v) is 6.43. The molecule has 1 heterocycles. The van der Waals surface area contributed by atoms with Gasteiger partial charge in [0.1, 0.15) is 6.61 Å². The number of rotatable bonds is 7. The molecule has 0 bridgehead atoms. The summed E-state index contributed by atoms with van der Waals surface area (Å²) in [7, 11) is 0. The van der Waals surface area contributed by atoms with Crippen LogP contribution >= 0.6 is 11.6 Å². The number of carbonyl (C=O) groups excluding carboxylic acids is 1. The van der Waals surface area contributed by atoms with Crippen molar-refractivity contribution in [2.45, 2.75) is 20.5 Å². The number of nitro benzene ring substituents is 1. The molecule has 1 aliphatic heterocycles. The molecule has 0 radical (unpaired) electrons. The molecule has 0 spiro atoms. The van der Waals surface area contributed by atoms with Crippen LogP contribution in [0.5, 0.6) is 11.5 Å². The van der Waals surface area contributed by atoms with E-state index in [1.54, 1.807) is 37.3 Å². The van der Waals surface area contributed by atoms with Gasteiger partial charge in [-0.1, -0.05) is 11.6 Å². The van der Waals surface area contributed by atoms with E-state index in [-0.39, 0.29) is 28.9 Å². The fourth-order valence-corrected chi connectivity index (χ4v) is 2.89. The lowest BCUT2D eigenvalue weighted by Crippen LogP contribution is -2.02. The van der Waals surface area contributed by atoms with Gasteiger partial charge in [0.05, 0.1) is 16.6 Å². The van der Waals surface area contributed by atoms with Gasteiger partial charge in [-0.3, -0.25) is 10.1 Å². The maximum absolute atomic E-state index is 11.7. The number of nitro groups is 1. The molecular weight excluding hydrogens is 400 g/mol. The number of cyclic esters (lactones) is 1. The van der Waals surface area contributed by atoms with Crippen molar-refractivity contribution < 1.29 is 23.9 Å². The zero-order valence-electron chi connectivity index (χ0n) is 15.7. The summed E-state index contributed by atoms with van der Waals surface area (Å²) in [5.74, 6) is 0.485. The van der Waals surface area contributed by atoms with E-state index < -0.39 is 10.9 Å². The second-order valence-electron chi connectivity index (χ2n) is 6.03. The van der Waals surface area contributed by atoms with Gasteiger partial charge >= 0.3 is 5.97 Å². The Morgan fingerprint density at radius 3 is 2.55 bits per heavy atom. The molecule has 0 unspecified atom stereocenters. The summed E-state index contributed by atoms with van der Waals surface area (Å²) in [4.78, 5) is 26.1. The summed E-state index contributed by atoms with van der Waals surface area (Å²) in [6.45, 7) is 3.94. The first-order chi connectivity index (χ1) is 13.9. The summed E-state index contributed by atoms with van der Waals surface area (Å²) >= 11 is 6.38. The van der Waals surface area contributed by atoms with Crippen molar-refractivity contribution in [3.05, 3.63) is 68.4 Å². The van der Waals surface area contributed by atoms with E-state index in [2.05, 4.69) is 4.99 Å². The van der Waals surface area contributed by atoms with Gasteiger partial charge in [0, 0.05) is 19.1 Å². The Labute approximate surface area is 171 Å². The van der Waals surface area contributed by atoms with Crippen molar-refractivity contribution in [2.75, 3.05) is 6.61 Å². The van der Waals surface area contributed by atoms with Crippen LogP contribution < -0.4 is 9.47 Å². The molecular formula is C20H17ClN2O6. The minimum atomic E-state index is -0.532. The van der Waals surface area contributed by atoms with E-state index in [0.29, 0.717) is 23.7 Å². The lowest BCUT2D eigenvalue weighted by Gasteiger charge is -2.14. The first kappa shape index (κ1) is 20.3. The number of carbonyl (C=O) groups is 1. The smallest absolute Gasteiger partial charge is 0.363 e. The van der Waals surface area contributed by atoms with E-state index in [1.165, 1.54) is 12.1 Å². The topological polar surface area (TPSA) is 100 Å². The van der Waals surface area contributed by atoms with E-state index in [4.69, 9.17) is 25.8 Å². The van der Waals surface area contributed by atoms with E-state index >= 15 is 0 Å². The van der Waals surface area contributed by atoms with Gasteiger partial charge in [-0.25, -0.2) is 9.79 Å². The number of non-ortho nitro benzene ring substituents is 1. The van der Waals surface area contributed by atoms with Gasteiger partial charge in [0.2, 0.25) is 0 Å². The molecule has 0 amide bonds. The fraction of sp³-hybridized carbons (Fsp3) is 0.200. The summed E-state index contributed by atoms with van der Waals surface area (Å²) in [5.41, 5.74) is 1.51. The van der Waals surface area contributed by atoms with Crippen LogP contribution in [0.25, 0.3) is 6.08 Å². The zero-order valence-corrected chi connectivity index (χ0v) is 16.4. The Kier molecular flexibility index (Phi) is 6.13. The normalized spacial score (nSPS) is 14.5. The maximum Gasteiger partial charge on any atom is 0.363 e. The van der Waals surface area contributed by atoms with Gasteiger partial charge in [-0.05, 0) is 48.4 Å². The molecule has 150 valence electrons. The molecule has 29 heavy (non-hydrogen) atoms. The molecule has 1 aliphatic rings. The monoisotopic (exact) mass is 416 g/mol. The van der Waals surface area contributed by atoms with Crippen LogP contribution in [0.15, 0.2) is 47.1 Å². The molecule has 0 saturated carbocycles. The summed E-state index contributed by atoms with van der Waals surface area (Å²) in [6.07, 6.45) is 1.55. The highest BCUT2D eigenvalue weighted by atomic mass is 35.5. The first-order valence-corrected chi connectivity index (χ1v) is 9.06. The molecule has 0 aliphatic carbocycles. The summed E-state index contributed by atoms with van der Waals surface area (Å²) in [6, 6.07) is 9.33. The lowest BCUT2D eigenvalue weighted by atomic mass is 10.1. The highest BCUT2D eigenvalue weighted by Crippen LogP contribution is 2.38. The summed E-state index contributed by atoms with van der Waals surface area (Å²) < 4.78 is 16.3. The molecule has 2 aromatic rings. The predicted octanol–water partition coefficient (Wildman–Crippen LogP) is 4.54. The van der Waals surface area contributed by atoms with Crippen LogP contribution in [0.2, 0.25) is 5.02 Å². The van der Waals surface area contributed by atoms with Crippen molar-refractivity contribution in [1.29, 1.82) is 0 Å². The van der Waals surface area contributed by atoms with Crippen molar-refractivity contribution in [2.24, 2.45) is 4.99 Å². The third kappa shape index (κ3) is 4.91. The molecule has 0 atom stereocenters. The largest absolute Gasteiger partial charge is 0.490 e. The van der Waals surface area contributed by atoms with E-state index in [0.717, 1.165) is 5.56 Å². The number of aliphatic imine (C=N–C) groups is 1. The molecule has 9 heteroatoms. The Hall–Kier alpha value is -3.39. The Morgan fingerprint density at radius 1 is 1.24 bits per heavy atom. The third-order valence-corrected chi connectivity index (χ3v) is 4.17. The number of esters is 1. The molecule has 0 fully saturated rings. The van der Waals surface area contributed by atoms with Crippen molar-refractivity contribution in [1.82, 2.24) is 0 Å². The van der Waals surface area contributed by atoms with Gasteiger partial charge in [-0.15, -0.1) is 0 Å². The van der Waals surface area contributed by atoms with Gasteiger partial charge in [-0.2, -0.15) is 0 Å². The van der Waals surface area contributed by atoms with Crippen LogP contribution in [0.1, 0.15) is 25.0 Å². The Balaban J connectivity index is 1.84. The molecule has 3 rings (SSSR count). The average Bonchev–Trinajstić information content (AvgIpc) is 2.98. The third-order valence-electron chi connectivity index (χ3n) is 3.89. The van der Waals surface area contributed by atoms with Crippen LogP contribution in [-0.4, -0.2) is 23.4 Å². The molecule has 8 nitrogen and oxygen atoms in total. The predicted molar refractivity (Wildman–Crippen MR) is 107 cm³/mol. The van der Waals surface area contributed by atoms with Crippen molar-refractivity contribution >= 4 is 35.2 Å².